The lowest BCUT2D eigenvalue weighted by atomic mass is 10.1. The van der Waals surface area contributed by atoms with E-state index in [1.165, 1.54) is 11.8 Å². The van der Waals surface area contributed by atoms with Gasteiger partial charge in [0, 0.05) is 10.4 Å². The lowest BCUT2D eigenvalue weighted by Gasteiger charge is -2.14. The summed E-state index contributed by atoms with van der Waals surface area (Å²) in [7, 11) is 0. The van der Waals surface area contributed by atoms with Crippen LogP contribution in [0.4, 0.5) is 0 Å². The van der Waals surface area contributed by atoms with Crippen molar-refractivity contribution in [2.24, 2.45) is 0 Å². The molecule has 0 N–H and O–H groups in total. The van der Waals surface area contributed by atoms with E-state index in [4.69, 9.17) is 4.74 Å². The number of aromatic nitrogens is 1. The molecule has 1 atom stereocenters. The molecule has 7 heteroatoms. The molecule has 0 radical (unpaired) electrons. The van der Waals surface area contributed by atoms with Crippen molar-refractivity contribution >= 4 is 40.4 Å². The van der Waals surface area contributed by atoms with Crippen LogP contribution in [0.15, 0.2) is 46.1 Å². The summed E-state index contributed by atoms with van der Waals surface area (Å²) in [6.45, 7) is 3.88. The SMILES string of the molecule is CCOC(=O)C(C)Sc1nc(-c2cccs2)cc(-c2cccs2)c1C#N. The van der Waals surface area contributed by atoms with E-state index in [1.807, 2.05) is 41.1 Å². The zero-order chi connectivity index (χ0) is 18.5. The number of hydrogen-bond acceptors (Lipinski definition) is 7. The number of thiophene rings is 2. The van der Waals surface area contributed by atoms with Crippen molar-refractivity contribution in [3.8, 4) is 27.1 Å². The fourth-order valence-electron chi connectivity index (χ4n) is 2.37. The van der Waals surface area contributed by atoms with Crippen molar-refractivity contribution in [1.29, 1.82) is 5.26 Å². The van der Waals surface area contributed by atoms with E-state index in [0.29, 0.717) is 17.2 Å². The summed E-state index contributed by atoms with van der Waals surface area (Å²) in [4.78, 5) is 18.7. The highest BCUT2D eigenvalue weighted by Crippen LogP contribution is 2.38. The minimum atomic E-state index is -0.440. The highest BCUT2D eigenvalue weighted by Gasteiger charge is 2.22. The molecular weight excluding hydrogens is 384 g/mol. The molecule has 0 aromatic carbocycles. The van der Waals surface area contributed by atoms with Gasteiger partial charge in [0.1, 0.15) is 16.3 Å². The Kier molecular flexibility index (Phi) is 6.09. The quantitative estimate of drug-likeness (QED) is 0.406. The Balaban J connectivity index is 2.10. The summed E-state index contributed by atoms with van der Waals surface area (Å²) in [5.41, 5.74) is 2.15. The van der Waals surface area contributed by atoms with Gasteiger partial charge in [-0.2, -0.15) is 5.26 Å². The van der Waals surface area contributed by atoms with Crippen molar-refractivity contribution in [3.63, 3.8) is 0 Å². The molecule has 26 heavy (non-hydrogen) atoms. The third-order valence-corrected chi connectivity index (χ3v) is 6.43. The smallest absolute Gasteiger partial charge is 0.319 e. The molecule has 0 aliphatic rings. The second-order valence-electron chi connectivity index (χ2n) is 5.31. The van der Waals surface area contributed by atoms with Crippen LogP contribution in [0.3, 0.4) is 0 Å². The molecule has 3 aromatic heterocycles. The van der Waals surface area contributed by atoms with Gasteiger partial charge in [0.25, 0.3) is 0 Å². The number of carbonyl (C=O) groups is 1. The average Bonchev–Trinajstić information content (AvgIpc) is 3.35. The zero-order valence-electron chi connectivity index (χ0n) is 14.3. The summed E-state index contributed by atoms with van der Waals surface area (Å²) in [6.07, 6.45) is 0. The molecule has 0 amide bonds. The Bertz CT molecular complexity index is 929. The van der Waals surface area contributed by atoms with Gasteiger partial charge in [0.15, 0.2) is 0 Å². The third kappa shape index (κ3) is 3.98. The molecule has 0 saturated carbocycles. The number of hydrogen-bond donors (Lipinski definition) is 0. The summed E-state index contributed by atoms with van der Waals surface area (Å²) < 4.78 is 5.09. The number of rotatable bonds is 6. The minimum absolute atomic E-state index is 0.303. The van der Waals surface area contributed by atoms with Gasteiger partial charge >= 0.3 is 5.97 Å². The predicted octanol–water partition coefficient (Wildman–Crippen LogP) is 5.45. The molecule has 1 unspecified atom stereocenters. The maximum Gasteiger partial charge on any atom is 0.319 e. The normalized spacial score (nSPS) is 11.7. The maximum absolute atomic E-state index is 12.0. The van der Waals surface area contributed by atoms with Crippen LogP contribution in [0.25, 0.3) is 21.0 Å². The average molecular weight is 401 g/mol. The van der Waals surface area contributed by atoms with E-state index in [0.717, 1.165) is 21.0 Å². The summed E-state index contributed by atoms with van der Waals surface area (Å²) in [6, 6.07) is 12.1. The van der Waals surface area contributed by atoms with Crippen molar-refractivity contribution in [2.75, 3.05) is 6.61 Å². The second kappa shape index (κ2) is 8.49. The first kappa shape index (κ1) is 18.6. The number of pyridine rings is 1. The van der Waals surface area contributed by atoms with E-state index < -0.39 is 5.25 Å². The van der Waals surface area contributed by atoms with E-state index in [9.17, 15) is 10.1 Å². The Hall–Kier alpha value is -2.14. The van der Waals surface area contributed by atoms with Gasteiger partial charge in [-0.3, -0.25) is 4.79 Å². The number of carbonyl (C=O) groups excluding carboxylic acids is 1. The molecule has 0 spiro atoms. The Morgan fingerprint density at radius 2 is 2.00 bits per heavy atom. The predicted molar refractivity (Wildman–Crippen MR) is 108 cm³/mol. The molecule has 132 valence electrons. The molecule has 0 saturated heterocycles. The van der Waals surface area contributed by atoms with E-state index in [2.05, 4.69) is 11.1 Å². The number of nitrogens with zero attached hydrogens (tertiary/aromatic N) is 2. The zero-order valence-corrected chi connectivity index (χ0v) is 16.7. The van der Waals surface area contributed by atoms with Crippen molar-refractivity contribution in [1.82, 2.24) is 4.98 Å². The monoisotopic (exact) mass is 400 g/mol. The lowest BCUT2D eigenvalue weighted by molar-refractivity contribution is -0.142. The first-order valence-corrected chi connectivity index (χ1v) is 10.6. The van der Waals surface area contributed by atoms with Crippen LogP contribution in [0.1, 0.15) is 19.4 Å². The number of nitriles is 1. The Morgan fingerprint density at radius 1 is 1.31 bits per heavy atom. The lowest BCUT2D eigenvalue weighted by Crippen LogP contribution is -2.17. The van der Waals surface area contributed by atoms with Crippen molar-refractivity contribution < 1.29 is 9.53 Å². The highest BCUT2D eigenvalue weighted by molar-refractivity contribution is 8.00. The van der Waals surface area contributed by atoms with Crippen LogP contribution in [-0.2, 0) is 9.53 Å². The summed E-state index contributed by atoms with van der Waals surface area (Å²) in [5.74, 6) is -0.303. The maximum atomic E-state index is 12.0. The van der Waals surface area contributed by atoms with Crippen molar-refractivity contribution in [3.05, 3.63) is 46.7 Å². The van der Waals surface area contributed by atoms with Gasteiger partial charge in [-0.15, -0.1) is 22.7 Å². The minimum Gasteiger partial charge on any atom is -0.465 e. The standard InChI is InChI=1S/C19H16N2O2S3/c1-3-23-19(22)12(2)26-18-14(11-20)13(16-6-4-8-24-16)10-15(21-18)17-7-5-9-25-17/h4-10,12H,3H2,1-2H3. The van der Waals surface area contributed by atoms with Crippen LogP contribution in [0.5, 0.6) is 0 Å². The fourth-order valence-corrected chi connectivity index (χ4v) is 4.73. The van der Waals surface area contributed by atoms with Crippen LogP contribution >= 0.6 is 34.4 Å². The third-order valence-electron chi connectivity index (χ3n) is 3.57. The van der Waals surface area contributed by atoms with Crippen LogP contribution in [-0.4, -0.2) is 22.8 Å². The largest absolute Gasteiger partial charge is 0.465 e. The van der Waals surface area contributed by atoms with Gasteiger partial charge in [0.05, 0.1) is 22.7 Å². The number of esters is 1. The van der Waals surface area contributed by atoms with Crippen LogP contribution < -0.4 is 0 Å². The molecular formula is C19H16N2O2S3. The van der Waals surface area contributed by atoms with Gasteiger partial charge in [-0.25, -0.2) is 4.98 Å². The van der Waals surface area contributed by atoms with E-state index in [1.54, 1.807) is 36.5 Å². The molecule has 0 aliphatic carbocycles. The fraction of sp³-hybridized carbons (Fsp3) is 0.211. The van der Waals surface area contributed by atoms with Gasteiger partial charge in [-0.1, -0.05) is 23.9 Å². The molecule has 3 heterocycles. The van der Waals surface area contributed by atoms with Gasteiger partial charge in [-0.05, 0) is 42.8 Å². The molecule has 4 nitrogen and oxygen atoms in total. The second-order valence-corrected chi connectivity index (χ2v) is 8.54. The summed E-state index contributed by atoms with van der Waals surface area (Å²) >= 11 is 4.44. The first-order chi connectivity index (χ1) is 12.6. The molecule has 0 fully saturated rings. The van der Waals surface area contributed by atoms with Crippen molar-refractivity contribution in [2.45, 2.75) is 24.1 Å². The van der Waals surface area contributed by atoms with Crippen LogP contribution in [0, 0.1) is 11.3 Å². The Labute approximate surface area is 164 Å². The first-order valence-electron chi connectivity index (χ1n) is 8.00. The topological polar surface area (TPSA) is 63.0 Å². The van der Waals surface area contributed by atoms with Crippen LogP contribution in [0.2, 0.25) is 0 Å². The number of thioether (sulfide) groups is 1. The molecule has 3 rings (SSSR count). The molecule has 0 bridgehead atoms. The highest BCUT2D eigenvalue weighted by atomic mass is 32.2. The Morgan fingerprint density at radius 3 is 2.58 bits per heavy atom. The van der Waals surface area contributed by atoms with Gasteiger partial charge in [0.2, 0.25) is 0 Å². The van der Waals surface area contributed by atoms with E-state index >= 15 is 0 Å². The molecule has 3 aromatic rings. The molecule has 0 aliphatic heterocycles. The number of ether oxygens (including phenoxy) is 1. The summed E-state index contributed by atoms with van der Waals surface area (Å²) in [5, 5.41) is 13.9. The van der Waals surface area contributed by atoms with Gasteiger partial charge < -0.3 is 4.74 Å². The van der Waals surface area contributed by atoms with E-state index in [-0.39, 0.29) is 5.97 Å².